The van der Waals surface area contributed by atoms with Crippen molar-refractivity contribution < 1.29 is 9.90 Å². The van der Waals surface area contributed by atoms with Gasteiger partial charge in [-0.3, -0.25) is 9.59 Å². The Morgan fingerprint density at radius 3 is 2.93 bits per heavy atom. The van der Waals surface area contributed by atoms with Crippen LogP contribution in [0.2, 0.25) is 0 Å². The van der Waals surface area contributed by atoms with Gasteiger partial charge in [0.1, 0.15) is 16.1 Å². The molecule has 3 aromatic rings. The summed E-state index contributed by atoms with van der Waals surface area (Å²) in [6.07, 6.45) is 3.61. The van der Waals surface area contributed by atoms with Crippen molar-refractivity contribution in [3.63, 3.8) is 0 Å². The number of aromatic hydroxyl groups is 1. The maximum atomic E-state index is 12.8. The van der Waals surface area contributed by atoms with Crippen LogP contribution in [0.5, 0.6) is 5.75 Å². The Morgan fingerprint density at radius 1 is 1.37 bits per heavy atom. The molecule has 27 heavy (non-hydrogen) atoms. The number of carbonyl (C=O) groups is 1. The lowest BCUT2D eigenvalue weighted by Crippen LogP contribution is -2.23. The zero-order valence-corrected chi connectivity index (χ0v) is 16.2. The summed E-state index contributed by atoms with van der Waals surface area (Å²) in [5.41, 5.74) is 1.94. The van der Waals surface area contributed by atoms with Gasteiger partial charge in [0.2, 0.25) is 0 Å². The predicted molar refractivity (Wildman–Crippen MR) is 109 cm³/mol. The van der Waals surface area contributed by atoms with Crippen LogP contribution in [0, 0.1) is 5.92 Å². The second-order valence-corrected chi connectivity index (χ2v) is 8.30. The lowest BCUT2D eigenvalue weighted by molar-refractivity contribution is 0.102. The van der Waals surface area contributed by atoms with Gasteiger partial charge in [0, 0.05) is 10.6 Å². The quantitative estimate of drug-likeness (QED) is 0.634. The summed E-state index contributed by atoms with van der Waals surface area (Å²) < 4.78 is 0. The number of pyridine rings is 1. The Bertz CT molecular complexity index is 1100. The van der Waals surface area contributed by atoms with Gasteiger partial charge in [0.25, 0.3) is 11.5 Å². The number of aromatic amines is 1. The number of thiophene rings is 1. The van der Waals surface area contributed by atoms with Gasteiger partial charge in [0.15, 0.2) is 0 Å². The third-order valence-corrected chi connectivity index (χ3v) is 6.48. The van der Waals surface area contributed by atoms with Gasteiger partial charge in [-0.2, -0.15) is 0 Å². The minimum atomic E-state index is -0.583. The van der Waals surface area contributed by atoms with Gasteiger partial charge in [-0.1, -0.05) is 32.0 Å². The van der Waals surface area contributed by atoms with E-state index in [2.05, 4.69) is 17.2 Å². The lowest BCUT2D eigenvalue weighted by Gasteiger charge is -2.18. The van der Waals surface area contributed by atoms with E-state index in [0.717, 1.165) is 36.8 Å². The van der Waals surface area contributed by atoms with Crippen LogP contribution in [0.25, 0.3) is 10.2 Å². The first-order chi connectivity index (χ1) is 13.0. The average Bonchev–Trinajstić information content (AvgIpc) is 2.99. The molecule has 2 heterocycles. The highest BCUT2D eigenvalue weighted by atomic mass is 32.1. The Morgan fingerprint density at radius 2 is 2.15 bits per heavy atom. The van der Waals surface area contributed by atoms with Crippen molar-refractivity contribution in [2.75, 3.05) is 5.32 Å². The molecular formula is C21H22N2O3S. The summed E-state index contributed by atoms with van der Waals surface area (Å²) in [6, 6.07) is 7.47. The normalized spacial score (nSPS) is 16.3. The fraction of sp³-hybridized carbons (Fsp3) is 0.333. The zero-order valence-electron chi connectivity index (χ0n) is 15.4. The number of aryl methyl sites for hydroxylation is 2. The molecule has 1 aliphatic carbocycles. The van der Waals surface area contributed by atoms with Gasteiger partial charge in [-0.05, 0) is 48.8 Å². The monoisotopic (exact) mass is 382 g/mol. The Balaban J connectivity index is 1.80. The third-order valence-electron chi connectivity index (χ3n) is 5.31. The number of H-pyrrole nitrogens is 1. The number of aromatic nitrogens is 1. The van der Waals surface area contributed by atoms with Crippen molar-refractivity contribution >= 4 is 33.1 Å². The largest absolute Gasteiger partial charge is 0.506 e. The van der Waals surface area contributed by atoms with E-state index >= 15 is 0 Å². The highest BCUT2D eigenvalue weighted by molar-refractivity contribution is 7.18. The average molecular weight is 382 g/mol. The number of anilines is 1. The van der Waals surface area contributed by atoms with Crippen molar-refractivity contribution in [2.24, 2.45) is 5.92 Å². The Kier molecular flexibility index (Phi) is 4.52. The number of benzene rings is 1. The standard InChI is InChI=1S/C21H22N2O3S/c1-3-12-6-4-5-7-14(12)22-19(25)17-18(24)16-13-9-8-11(2)10-15(13)27-21(16)23-20(17)26/h4-7,11H,3,8-10H2,1-2H3,(H,22,25)(H2,23,24,26)/t11-/m0/s1. The van der Waals surface area contributed by atoms with E-state index in [9.17, 15) is 14.7 Å². The van der Waals surface area contributed by atoms with Crippen molar-refractivity contribution in [1.82, 2.24) is 4.98 Å². The Hall–Kier alpha value is -2.60. The van der Waals surface area contributed by atoms with Gasteiger partial charge in [-0.25, -0.2) is 0 Å². The Labute approximate surface area is 161 Å². The molecule has 1 amide bonds. The number of fused-ring (bicyclic) bond motifs is 3. The summed E-state index contributed by atoms with van der Waals surface area (Å²) in [7, 11) is 0. The van der Waals surface area contributed by atoms with Crippen LogP contribution in [-0.4, -0.2) is 16.0 Å². The first-order valence-corrected chi connectivity index (χ1v) is 10.1. The molecule has 0 bridgehead atoms. The molecule has 2 aromatic heterocycles. The molecule has 0 aliphatic heterocycles. The van der Waals surface area contributed by atoms with E-state index in [1.165, 1.54) is 16.2 Å². The van der Waals surface area contributed by atoms with Crippen LogP contribution < -0.4 is 10.9 Å². The number of hydrogen-bond donors (Lipinski definition) is 3. The molecule has 0 saturated carbocycles. The minimum Gasteiger partial charge on any atom is -0.506 e. The smallest absolute Gasteiger partial charge is 0.265 e. The lowest BCUT2D eigenvalue weighted by atomic mass is 9.89. The maximum Gasteiger partial charge on any atom is 0.265 e. The van der Waals surface area contributed by atoms with Crippen LogP contribution in [0.1, 0.15) is 46.6 Å². The van der Waals surface area contributed by atoms with Gasteiger partial charge < -0.3 is 15.4 Å². The highest BCUT2D eigenvalue weighted by Crippen LogP contribution is 2.41. The van der Waals surface area contributed by atoms with Crippen LogP contribution in [0.3, 0.4) is 0 Å². The number of nitrogens with one attached hydrogen (secondary N) is 2. The molecule has 3 N–H and O–H groups in total. The van der Waals surface area contributed by atoms with Crippen molar-refractivity contribution in [3.05, 3.63) is 56.2 Å². The van der Waals surface area contributed by atoms with E-state index < -0.39 is 11.5 Å². The van der Waals surface area contributed by atoms with Gasteiger partial charge in [0.05, 0.1) is 5.39 Å². The molecule has 1 atom stereocenters. The summed E-state index contributed by atoms with van der Waals surface area (Å²) >= 11 is 1.52. The van der Waals surface area contributed by atoms with Gasteiger partial charge >= 0.3 is 0 Å². The molecule has 1 aromatic carbocycles. The number of para-hydroxylation sites is 1. The summed E-state index contributed by atoms with van der Waals surface area (Å²) in [6.45, 7) is 4.21. The van der Waals surface area contributed by atoms with Crippen molar-refractivity contribution in [2.45, 2.75) is 39.5 Å². The second kappa shape index (κ2) is 6.85. The molecule has 0 radical (unpaired) electrons. The molecule has 5 nitrogen and oxygen atoms in total. The van der Waals surface area contributed by atoms with Crippen LogP contribution >= 0.6 is 11.3 Å². The highest BCUT2D eigenvalue weighted by Gasteiger charge is 2.27. The van der Waals surface area contributed by atoms with Crippen molar-refractivity contribution in [3.8, 4) is 5.75 Å². The molecular weight excluding hydrogens is 360 g/mol. The topological polar surface area (TPSA) is 82.2 Å². The first kappa shape index (κ1) is 17.8. The summed E-state index contributed by atoms with van der Waals surface area (Å²) in [4.78, 5) is 30.0. The van der Waals surface area contributed by atoms with E-state index in [1.807, 2.05) is 25.1 Å². The van der Waals surface area contributed by atoms with E-state index in [0.29, 0.717) is 21.8 Å². The van der Waals surface area contributed by atoms with Crippen LogP contribution in [0.4, 0.5) is 5.69 Å². The molecule has 4 rings (SSSR count). The first-order valence-electron chi connectivity index (χ1n) is 9.28. The molecule has 1 aliphatic rings. The van der Waals surface area contributed by atoms with E-state index in [1.54, 1.807) is 6.07 Å². The number of rotatable bonds is 3. The van der Waals surface area contributed by atoms with Crippen LogP contribution in [-0.2, 0) is 19.3 Å². The van der Waals surface area contributed by atoms with E-state index in [4.69, 9.17) is 0 Å². The fourth-order valence-corrected chi connectivity index (χ4v) is 5.24. The molecule has 140 valence electrons. The number of amides is 1. The molecule has 0 unspecified atom stereocenters. The zero-order chi connectivity index (χ0) is 19.1. The second-order valence-electron chi connectivity index (χ2n) is 7.20. The molecule has 0 spiro atoms. The van der Waals surface area contributed by atoms with Gasteiger partial charge in [-0.15, -0.1) is 11.3 Å². The minimum absolute atomic E-state index is 0.202. The SMILES string of the molecule is CCc1ccccc1NC(=O)c1c(O)c2c3c(sc2[nH]c1=O)C[C@@H](C)CC3. The molecule has 0 saturated heterocycles. The van der Waals surface area contributed by atoms with Crippen LogP contribution in [0.15, 0.2) is 29.1 Å². The summed E-state index contributed by atoms with van der Waals surface area (Å²) in [5.74, 6) is -0.194. The maximum absolute atomic E-state index is 12.8. The molecule has 6 heteroatoms. The summed E-state index contributed by atoms with van der Waals surface area (Å²) in [5, 5.41) is 14.3. The number of carbonyl (C=O) groups excluding carboxylic acids is 1. The van der Waals surface area contributed by atoms with E-state index in [-0.39, 0.29) is 11.3 Å². The predicted octanol–water partition coefficient (Wildman–Crippen LogP) is 4.23. The fourth-order valence-electron chi connectivity index (χ4n) is 3.83. The third kappa shape index (κ3) is 3.04. The van der Waals surface area contributed by atoms with Crippen molar-refractivity contribution in [1.29, 1.82) is 0 Å². The molecule has 0 fully saturated rings. The number of hydrogen-bond acceptors (Lipinski definition) is 4.